The van der Waals surface area contributed by atoms with E-state index in [1.165, 1.54) is 11.5 Å². The van der Waals surface area contributed by atoms with Gasteiger partial charge < -0.3 is 11.5 Å². The van der Waals surface area contributed by atoms with Crippen LogP contribution >= 0.6 is 23.1 Å². The third-order valence-electron chi connectivity index (χ3n) is 2.70. The van der Waals surface area contributed by atoms with Crippen molar-refractivity contribution in [2.75, 3.05) is 0 Å². The highest BCUT2D eigenvalue weighted by Gasteiger charge is 2.14. The summed E-state index contributed by atoms with van der Waals surface area (Å²) in [5.41, 5.74) is 12.9. The molecule has 19 heavy (non-hydrogen) atoms. The van der Waals surface area contributed by atoms with E-state index in [0.717, 1.165) is 27.8 Å². The van der Waals surface area contributed by atoms with Gasteiger partial charge in [0.2, 0.25) is 0 Å². The quantitative estimate of drug-likeness (QED) is 0.889. The number of nitrogens with two attached hydrogens (primary N) is 2. The first-order chi connectivity index (χ1) is 9.04. The highest BCUT2D eigenvalue weighted by atomic mass is 35.5. The van der Waals surface area contributed by atoms with Crippen LogP contribution in [0.25, 0.3) is 0 Å². The monoisotopic (exact) mass is 296 g/mol. The van der Waals surface area contributed by atoms with Gasteiger partial charge in [-0.15, -0.1) is 0 Å². The molecule has 0 radical (unpaired) electrons. The molecule has 102 valence electrons. The molecular weight excluding hydrogens is 280 g/mol. The molecule has 6 heteroatoms. The molecule has 0 amide bonds. The van der Waals surface area contributed by atoms with Crippen molar-refractivity contribution < 1.29 is 0 Å². The summed E-state index contributed by atoms with van der Waals surface area (Å²) in [5.74, 6) is 0.794. The molecule has 0 spiro atoms. The van der Waals surface area contributed by atoms with Crippen molar-refractivity contribution in [2.24, 2.45) is 11.5 Å². The Morgan fingerprint density at radius 2 is 1.95 bits per heavy atom. The Bertz CT molecular complexity index is 524. The van der Waals surface area contributed by atoms with Gasteiger partial charge >= 0.3 is 0 Å². The van der Waals surface area contributed by atoms with Crippen LogP contribution in [0, 0.1) is 0 Å². The molecule has 0 bridgehead atoms. The van der Waals surface area contributed by atoms with E-state index in [1.807, 2.05) is 31.2 Å². The van der Waals surface area contributed by atoms with E-state index in [1.54, 1.807) is 0 Å². The van der Waals surface area contributed by atoms with Gasteiger partial charge in [0, 0.05) is 17.5 Å². The van der Waals surface area contributed by atoms with Crippen molar-refractivity contribution in [1.29, 1.82) is 0 Å². The lowest BCUT2D eigenvalue weighted by Crippen LogP contribution is -2.23. The second-order valence-electron chi connectivity index (χ2n) is 4.67. The Balaban J connectivity index is 2.02. The number of hydrogen-bond acceptors (Lipinski definition) is 5. The minimum absolute atomic E-state index is 0.0682. The van der Waals surface area contributed by atoms with Crippen LogP contribution in [0.15, 0.2) is 24.3 Å². The average Bonchev–Trinajstić information content (AvgIpc) is 2.80. The Labute approximate surface area is 122 Å². The third kappa shape index (κ3) is 4.24. The normalized spacial score (nSPS) is 14.3. The van der Waals surface area contributed by atoms with Gasteiger partial charge in [0.25, 0.3) is 0 Å². The average molecular weight is 297 g/mol. The van der Waals surface area contributed by atoms with E-state index in [0.29, 0.717) is 6.42 Å². The van der Waals surface area contributed by atoms with Crippen LogP contribution in [0.5, 0.6) is 0 Å². The number of halogens is 1. The smallest absolute Gasteiger partial charge is 0.147 e. The van der Waals surface area contributed by atoms with Crippen LogP contribution in [-0.4, -0.2) is 15.4 Å². The molecule has 1 unspecified atom stereocenters. The number of nitrogens with zero attached hydrogens (tertiary/aromatic N) is 2. The van der Waals surface area contributed by atoms with Gasteiger partial charge in [-0.3, -0.25) is 0 Å². The fourth-order valence-electron chi connectivity index (χ4n) is 1.78. The summed E-state index contributed by atoms with van der Waals surface area (Å²) < 4.78 is 4.34. The molecule has 0 fully saturated rings. The van der Waals surface area contributed by atoms with E-state index in [9.17, 15) is 0 Å². The minimum Gasteiger partial charge on any atom is -0.328 e. The molecule has 0 aliphatic heterocycles. The first-order valence-corrected chi connectivity index (χ1v) is 7.28. The third-order valence-corrected chi connectivity index (χ3v) is 3.84. The predicted molar refractivity (Wildman–Crippen MR) is 79.4 cm³/mol. The second kappa shape index (κ2) is 6.43. The minimum atomic E-state index is -0.128. The topological polar surface area (TPSA) is 77.8 Å². The van der Waals surface area contributed by atoms with Crippen molar-refractivity contribution in [1.82, 2.24) is 9.36 Å². The Hall–Kier alpha value is -1.01. The molecule has 0 saturated carbocycles. The van der Waals surface area contributed by atoms with E-state index >= 15 is 0 Å². The summed E-state index contributed by atoms with van der Waals surface area (Å²) >= 11 is 7.21. The van der Waals surface area contributed by atoms with Gasteiger partial charge in [-0.05, 0) is 42.6 Å². The SMILES string of the molecule is CC(N)C[C@@H](N)c1nc(Cc2ccc(Cl)cc2)ns1. The van der Waals surface area contributed by atoms with Crippen LogP contribution in [0.2, 0.25) is 5.02 Å². The summed E-state index contributed by atoms with van der Waals surface area (Å²) in [5, 5.41) is 1.58. The number of benzene rings is 1. The number of hydrogen-bond donors (Lipinski definition) is 2. The van der Waals surface area contributed by atoms with E-state index in [-0.39, 0.29) is 12.1 Å². The van der Waals surface area contributed by atoms with Crippen molar-refractivity contribution in [3.63, 3.8) is 0 Å². The maximum absolute atomic E-state index is 6.03. The Kier molecular flexibility index (Phi) is 4.87. The molecule has 4 nitrogen and oxygen atoms in total. The lowest BCUT2D eigenvalue weighted by Gasteiger charge is -2.09. The van der Waals surface area contributed by atoms with Crippen LogP contribution in [0.3, 0.4) is 0 Å². The maximum atomic E-state index is 6.03. The first kappa shape index (κ1) is 14.4. The Morgan fingerprint density at radius 3 is 2.58 bits per heavy atom. The van der Waals surface area contributed by atoms with Crippen molar-refractivity contribution >= 4 is 23.1 Å². The largest absolute Gasteiger partial charge is 0.328 e. The summed E-state index contributed by atoms with van der Waals surface area (Å²) in [7, 11) is 0. The van der Waals surface area contributed by atoms with Crippen LogP contribution in [0.4, 0.5) is 0 Å². The van der Waals surface area contributed by atoms with Crippen molar-refractivity contribution in [2.45, 2.75) is 31.8 Å². The maximum Gasteiger partial charge on any atom is 0.147 e. The molecule has 2 rings (SSSR count). The molecule has 0 aliphatic rings. The van der Waals surface area contributed by atoms with Crippen LogP contribution < -0.4 is 11.5 Å². The molecule has 2 atom stereocenters. The van der Waals surface area contributed by atoms with Crippen molar-refractivity contribution in [3.05, 3.63) is 45.7 Å². The van der Waals surface area contributed by atoms with Crippen LogP contribution in [0.1, 0.15) is 35.8 Å². The second-order valence-corrected chi connectivity index (χ2v) is 5.89. The molecule has 2 aromatic rings. The zero-order valence-corrected chi connectivity index (χ0v) is 12.3. The van der Waals surface area contributed by atoms with E-state index in [2.05, 4.69) is 9.36 Å². The number of aromatic nitrogens is 2. The fourth-order valence-corrected chi connectivity index (χ4v) is 2.58. The summed E-state index contributed by atoms with van der Waals surface area (Å²) in [6.45, 7) is 1.94. The summed E-state index contributed by atoms with van der Waals surface area (Å²) in [6, 6.07) is 7.63. The highest BCUT2D eigenvalue weighted by Crippen LogP contribution is 2.19. The lowest BCUT2D eigenvalue weighted by atomic mass is 10.1. The zero-order valence-electron chi connectivity index (χ0n) is 10.7. The molecule has 1 aromatic carbocycles. The fraction of sp³-hybridized carbons (Fsp3) is 0.385. The van der Waals surface area contributed by atoms with E-state index < -0.39 is 0 Å². The summed E-state index contributed by atoms with van der Waals surface area (Å²) in [4.78, 5) is 4.47. The van der Waals surface area contributed by atoms with Gasteiger partial charge in [0.1, 0.15) is 10.8 Å². The van der Waals surface area contributed by atoms with Gasteiger partial charge in [-0.1, -0.05) is 23.7 Å². The zero-order chi connectivity index (χ0) is 13.8. The molecule has 0 aliphatic carbocycles. The first-order valence-electron chi connectivity index (χ1n) is 6.12. The Morgan fingerprint density at radius 1 is 1.26 bits per heavy atom. The molecule has 4 N–H and O–H groups in total. The van der Waals surface area contributed by atoms with Gasteiger partial charge in [0.05, 0.1) is 6.04 Å². The van der Waals surface area contributed by atoms with Crippen LogP contribution in [-0.2, 0) is 6.42 Å². The molecule has 1 aromatic heterocycles. The van der Waals surface area contributed by atoms with Gasteiger partial charge in [-0.2, -0.15) is 4.37 Å². The molecule has 0 saturated heterocycles. The van der Waals surface area contributed by atoms with E-state index in [4.69, 9.17) is 23.1 Å². The molecule has 1 heterocycles. The van der Waals surface area contributed by atoms with Crippen molar-refractivity contribution in [3.8, 4) is 0 Å². The lowest BCUT2D eigenvalue weighted by molar-refractivity contribution is 0.565. The summed E-state index contributed by atoms with van der Waals surface area (Å²) in [6.07, 6.45) is 1.41. The number of rotatable bonds is 5. The van der Waals surface area contributed by atoms with Gasteiger partial charge in [-0.25, -0.2) is 4.98 Å². The predicted octanol–water partition coefficient (Wildman–Crippen LogP) is 2.52. The highest BCUT2D eigenvalue weighted by molar-refractivity contribution is 7.05. The molecular formula is C13H17ClN4S. The standard InChI is InChI=1S/C13H17ClN4S/c1-8(15)6-11(16)13-17-12(18-19-13)7-9-2-4-10(14)5-3-9/h2-5,8,11H,6-7,15-16H2,1H3/t8?,11-/m1/s1. The van der Waals surface area contributed by atoms with Gasteiger partial charge in [0.15, 0.2) is 0 Å².